The van der Waals surface area contributed by atoms with Gasteiger partial charge in [0.15, 0.2) is 5.11 Å². The van der Waals surface area contributed by atoms with Crippen molar-refractivity contribution in [2.75, 3.05) is 12.4 Å². The van der Waals surface area contributed by atoms with Gasteiger partial charge in [0.05, 0.1) is 19.0 Å². The highest BCUT2D eigenvalue weighted by Gasteiger charge is 2.02. The van der Waals surface area contributed by atoms with E-state index in [0.717, 1.165) is 11.3 Å². The van der Waals surface area contributed by atoms with Crippen molar-refractivity contribution >= 4 is 40.8 Å². The first-order valence-corrected chi connectivity index (χ1v) is 6.97. The number of ether oxygens (including phenoxy) is 1. The van der Waals surface area contributed by atoms with Gasteiger partial charge in [-0.2, -0.15) is 5.10 Å². The van der Waals surface area contributed by atoms with Crippen molar-refractivity contribution in [1.29, 1.82) is 0 Å². The smallest absolute Gasteiger partial charge is 0.191 e. The number of benzene rings is 2. The van der Waals surface area contributed by atoms with E-state index >= 15 is 0 Å². The fraction of sp³-hybridized carbons (Fsp3) is 0.0667. The number of anilines is 1. The van der Waals surface area contributed by atoms with Crippen LogP contribution in [-0.4, -0.2) is 18.4 Å². The minimum atomic E-state index is 0.364. The molecule has 0 bridgehead atoms. The summed E-state index contributed by atoms with van der Waals surface area (Å²) in [5, 5.41) is 8.06. The standard InChI is InChI=1S/C15H14ClN3OS/c1-20-14-9-5-4-8-13(14)18-15(21)19-17-10-11-6-2-3-7-12(11)16/h2-10H,1H3,(H2,18,19,21). The normalized spacial score (nSPS) is 10.4. The predicted molar refractivity (Wildman–Crippen MR) is 91.4 cm³/mol. The lowest BCUT2D eigenvalue weighted by Gasteiger charge is -2.10. The van der Waals surface area contributed by atoms with E-state index in [1.165, 1.54) is 0 Å². The van der Waals surface area contributed by atoms with E-state index in [0.29, 0.717) is 15.9 Å². The molecule has 0 amide bonds. The van der Waals surface area contributed by atoms with Crippen LogP contribution in [0, 0.1) is 0 Å². The Morgan fingerprint density at radius 3 is 2.67 bits per heavy atom. The Morgan fingerprint density at radius 2 is 1.90 bits per heavy atom. The van der Waals surface area contributed by atoms with E-state index in [2.05, 4.69) is 15.8 Å². The highest BCUT2D eigenvalue weighted by Crippen LogP contribution is 2.22. The highest BCUT2D eigenvalue weighted by atomic mass is 35.5. The van der Waals surface area contributed by atoms with Crippen LogP contribution in [0.15, 0.2) is 53.6 Å². The van der Waals surface area contributed by atoms with Gasteiger partial charge in [-0.15, -0.1) is 0 Å². The van der Waals surface area contributed by atoms with Crippen LogP contribution in [-0.2, 0) is 0 Å². The SMILES string of the molecule is COc1ccccc1NC(=S)NN=Cc1ccccc1Cl. The van der Waals surface area contributed by atoms with Crippen molar-refractivity contribution in [3.8, 4) is 5.75 Å². The molecular formula is C15H14ClN3OS. The number of para-hydroxylation sites is 2. The number of hydrogen-bond acceptors (Lipinski definition) is 3. The van der Waals surface area contributed by atoms with Crippen LogP contribution in [0.3, 0.4) is 0 Å². The van der Waals surface area contributed by atoms with E-state index in [1.54, 1.807) is 19.4 Å². The monoisotopic (exact) mass is 319 g/mol. The molecule has 0 spiro atoms. The minimum absolute atomic E-state index is 0.364. The summed E-state index contributed by atoms with van der Waals surface area (Å²) in [5.74, 6) is 0.705. The van der Waals surface area contributed by atoms with Crippen LogP contribution in [0.4, 0.5) is 5.69 Å². The number of nitrogens with zero attached hydrogens (tertiary/aromatic N) is 1. The zero-order valence-electron chi connectivity index (χ0n) is 11.3. The molecule has 0 aliphatic carbocycles. The van der Waals surface area contributed by atoms with Gasteiger partial charge in [0.1, 0.15) is 5.75 Å². The number of hydrogen-bond donors (Lipinski definition) is 2. The summed E-state index contributed by atoms with van der Waals surface area (Å²) in [5.41, 5.74) is 4.31. The topological polar surface area (TPSA) is 45.6 Å². The minimum Gasteiger partial charge on any atom is -0.495 e. The Kier molecular flexibility index (Phi) is 5.54. The van der Waals surface area contributed by atoms with E-state index in [4.69, 9.17) is 28.6 Å². The van der Waals surface area contributed by atoms with Crippen LogP contribution < -0.4 is 15.5 Å². The maximum atomic E-state index is 6.02. The number of halogens is 1. The van der Waals surface area contributed by atoms with Crippen molar-refractivity contribution < 1.29 is 4.74 Å². The zero-order chi connectivity index (χ0) is 15.1. The molecule has 0 fully saturated rings. The molecule has 108 valence electrons. The molecule has 21 heavy (non-hydrogen) atoms. The molecule has 0 aromatic heterocycles. The first-order valence-electron chi connectivity index (χ1n) is 6.18. The summed E-state index contributed by atoms with van der Waals surface area (Å²) in [6, 6.07) is 14.9. The molecule has 0 aliphatic heterocycles. The summed E-state index contributed by atoms with van der Waals surface area (Å²) in [6.45, 7) is 0. The average Bonchev–Trinajstić information content (AvgIpc) is 2.50. The van der Waals surface area contributed by atoms with Gasteiger partial charge in [0.25, 0.3) is 0 Å². The number of thiocarbonyl (C=S) groups is 1. The van der Waals surface area contributed by atoms with Crippen molar-refractivity contribution in [1.82, 2.24) is 5.43 Å². The van der Waals surface area contributed by atoms with Crippen LogP contribution in [0.5, 0.6) is 5.75 Å². The summed E-state index contributed by atoms with van der Waals surface area (Å²) < 4.78 is 5.23. The molecular weight excluding hydrogens is 306 g/mol. The van der Waals surface area contributed by atoms with Crippen molar-refractivity contribution in [3.63, 3.8) is 0 Å². The van der Waals surface area contributed by atoms with Gasteiger partial charge in [0, 0.05) is 10.6 Å². The molecule has 2 aromatic carbocycles. The lowest BCUT2D eigenvalue weighted by atomic mass is 10.2. The molecule has 0 saturated heterocycles. The van der Waals surface area contributed by atoms with Gasteiger partial charge in [-0.05, 0) is 30.4 Å². The maximum absolute atomic E-state index is 6.02. The molecule has 0 saturated carbocycles. The molecule has 2 rings (SSSR count). The molecule has 6 heteroatoms. The Bertz CT molecular complexity index is 661. The Hall–Kier alpha value is -2.11. The van der Waals surface area contributed by atoms with Crippen LogP contribution in [0.2, 0.25) is 5.02 Å². The van der Waals surface area contributed by atoms with Crippen molar-refractivity contribution in [2.45, 2.75) is 0 Å². The third-order valence-corrected chi connectivity index (χ3v) is 3.17. The first-order chi connectivity index (χ1) is 10.2. The van der Waals surface area contributed by atoms with E-state index < -0.39 is 0 Å². The van der Waals surface area contributed by atoms with Crippen molar-refractivity contribution in [2.24, 2.45) is 5.10 Å². The molecule has 0 atom stereocenters. The first kappa shape index (κ1) is 15.3. The molecule has 2 N–H and O–H groups in total. The number of hydrazone groups is 1. The second-order valence-corrected chi connectivity index (χ2v) is 4.86. The summed E-state index contributed by atoms with van der Waals surface area (Å²) in [7, 11) is 1.60. The summed E-state index contributed by atoms with van der Waals surface area (Å²) >= 11 is 11.2. The number of rotatable bonds is 4. The molecule has 0 heterocycles. The van der Waals surface area contributed by atoms with Crippen LogP contribution in [0.25, 0.3) is 0 Å². The lowest BCUT2D eigenvalue weighted by molar-refractivity contribution is 0.417. The van der Waals surface area contributed by atoms with E-state index in [-0.39, 0.29) is 0 Å². The highest BCUT2D eigenvalue weighted by molar-refractivity contribution is 7.80. The number of methoxy groups -OCH3 is 1. The van der Waals surface area contributed by atoms with Gasteiger partial charge in [-0.3, -0.25) is 5.43 Å². The van der Waals surface area contributed by atoms with E-state index in [9.17, 15) is 0 Å². The van der Waals surface area contributed by atoms with Gasteiger partial charge in [-0.25, -0.2) is 0 Å². The summed E-state index contributed by atoms with van der Waals surface area (Å²) in [6.07, 6.45) is 1.61. The second-order valence-electron chi connectivity index (χ2n) is 4.05. The molecule has 0 radical (unpaired) electrons. The van der Waals surface area contributed by atoms with E-state index in [1.807, 2.05) is 42.5 Å². The summed E-state index contributed by atoms with van der Waals surface area (Å²) in [4.78, 5) is 0. The van der Waals surface area contributed by atoms with Gasteiger partial charge >= 0.3 is 0 Å². The molecule has 4 nitrogen and oxygen atoms in total. The Morgan fingerprint density at radius 1 is 1.19 bits per heavy atom. The molecule has 0 aliphatic rings. The number of nitrogens with one attached hydrogen (secondary N) is 2. The predicted octanol–water partition coefficient (Wildman–Crippen LogP) is 3.67. The lowest BCUT2D eigenvalue weighted by Crippen LogP contribution is -2.24. The van der Waals surface area contributed by atoms with Crippen LogP contribution >= 0.6 is 23.8 Å². The third kappa shape index (κ3) is 4.44. The zero-order valence-corrected chi connectivity index (χ0v) is 12.9. The average molecular weight is 320 g/mol. The fourth-order valence-electron chi connectivity index (χ4n) is 1.64. The Labute approximate surface area is 133 Å². The van der Waals surface area contributed by atoms with Gasteiger partial charge in [-0.1, -0.05) is 41.9 Å². The quantitative estimate of drug-likeness (QED) is 0.513. The molecule has 0 unspecified atom stereocenters. The van der Waals surface area contributed by atoms with Gasteiger partial charge in [0.2, 0.25) is 0 Å². The molecule has 2 aromatic rings. The second kappa shape index (κ2) is 7.61. The Balaban J connectivity index is 1.95. The van der Waals surface area contributed by atoms with Gasteiger partial charge < -0.3 is 10.1 Å². The third-order valence-electron chi connectivity index (χ3n) is 2.63. The van der Waals surface area contributed by atoms with Crippen molar-refractivity contribution in [3.05, 3.63) is 59.1 Å². The largest absolute Gasteiger partial charge is 0.495 e. The fourth-order valence-corrected chi connectivity index (χ4v) is 1.99. The van der Waals surface area contributed by atoms with Crippen LogP contribution in [0.1, 0.15) is 5.56 Å². The maximum Gasteiger partial charge on any atom is 0.191 e.